The molecule has 0 radical (unpaired) electrons. The summed E-state index contributed by atoms with van der Waals surface area (Å²) in [7, 11) is -3.96. The molecule has 218 valence electrons. The fraction of sp³-hybridized carbons (Fsp3) is 0.367. The molecular weight excluding hydrogens is 583 g/mol. The summed E-state index contributed by atoms with van der Waals surface area (Å²) in [5, 5.41) is 4.25. The number of amides is 1. The Morgan fingerprint density at radius 1 is 1.00 bits per heavy atom. The minimum absolute atomic E-state index is 0.0353. The van der Waals surface area contributed by atoms with Crippen LogP contribution in [0.2, 0.25) is 10.0 Å². The van der Waals surface area contributed by atoms with Crippen molar-refractivity contribution in [1.82, 2.24) is 15.1 Å². The molecule has 2 N–H and O–H groups in total. The number of piperazine rings is 1. The predicted molar refractivity (Wildman–Crippen MR) is 163 cm³/mol. The average Bonchev–Trinajstić information content (AvgIpc) is 2.99. The van der Waals surface area contributed by atoms with Crippen molar-refractivity contribution in [3.8, 4) is 11.5 Å². The number of anilines is 1. The summed E-state index contributed by atoms with van der Waals surface area (Å²) >= 11 is 12.2. The van der Waals surface area contributed by atoms with Gasteiger partial charge < -0.3 is 15.0 Å². The van der Waals surface area contributed by atoms with E-state index in [1.54, 1.807) is 54.6 Å². The first-order chi connectivity index (χ1) is 19.7. The second-order valence-electron chi connectivity index (χ2n) is 10.5. The van der Waals surface area contributed by atoms with Crippen molar-refractivity contribution < 1.29 is 17.9 Å². The van der Waals surface area contributed by atoms with E-state index in [2.05, 4.69) is 21.9 Å². The first-order valence-corrected chi connectivity index (χ1v) is 16.0. The number of para-hydroxylation sites is 2. The van der Waals surface area contributed by atoms with Gasteiger partial charge in [-0.25, -0.2) is 8.42 Å². The molecule has 8 nitrogen and oxygen atoms in total. The summed E-state index contributed by atoms with van der Waals surface area (Å²) in [5.41, 5.74) is 0.706. The lowest BCUT2D eigenvalue weighted by Gasteiger charge is -2.42. The van der Waals surface area contributed by atoms with Gasteiger partial charge in [-0.1, -0.05) is 35.3 Å². The van der Waals surface area contributed by atoms with E-state index in [9.17, 15) is 13.2 Å². The molecule has 0 spiro atoms. The molecule has 2 heterocycles. The van der Waals surface area contributed by atoms with Gasteiger partial charge in [0.05, 0.1) is 15.6 Å². The molecule has 3 aromatic rings. The number of hydrogen-bond acceptors (Lipinski definition) is 6. The van der Waals surface area contributed by atoms with E-state index in [4.69, 9.17) is 27.9 Å². The fourth-order valence-corrected chi connectivity index (χ4v) is 6.92. The van der Waals surface area contributed by atoms with E-state index in [0.717, 1.165) is 26.2 Å². The highest BCUT2D eigenvalue weighted by Gasteiger charge is 2.29. The zero-order valence-electron chi connectivity index (χ0n) is 22.9. The third-order valence-electron chi connectivity index (χ3n) is 7.85. The van der Waals surface area contributed by atoms with Crippen molar-refractivity contribution in [2.75, 3.05) is 44.0 Å². The van der Waals surface area contributed by atoms with Gasteiger partial charge >= 0.3 is 0 Å². The lowest BCUT2D eigenvalue weighted by Crippen LogP contribution is -2.54. The summed E-state index contributed by atoms with van der Waals surface area (Å²) in [5.74, 6) is 1.17. The van der Waals surface area contributed by atoms with Gasteiger partial charge in [-0.05, 0) is 93.4 Å². The Morgan fingerprint density at radius 2 is 1.73 bits per heavy atom. The van der Waals surface area contributed by atoms with Crippen molar-refractivity contribution in [1.29, 1.82) is 0 Å². The van der Waals surface area contributed by atoms with Crippen molar-refractivity contribution in [3.05, 3.63) is 82.3 Å². The second-order valence-corrected chi connectivity index (χ2v) is 13.0. The minimum atomic E-state index is -3.96. The Morgan fingerprint density at radius 3 is 2.41 bits per heavy atom. The third kappa shape index (κ3) is 7.16. The SMILES string of the molecule is CC(C1CCCNC1)N1CCN(C(=O)c2ccc(S(=O)(=O)Nc3ccccc3Oc3ccc(Cl)cc3Cl)cc2)CC1. The van der Waals surface area contributed by atoms with Gasteiger partial charge in [-0.2, -0.15) is 0 Å². The molecule has 2 aliphatic heterocycles. The summed E-state index contributed by atoms with van der Waals surface area (Å²) in [6.07, 6.45) is 2.46. The van der Waals surface area contributed by atoms with Crippen LogP contribution in [0.4, 0.5) is 5.69 Å². The molecule has 0 saturated carbocycles. The van der Waals surface area contributed by atoms with E-state index >= 15 is 0 Å². The maximum Gasteiger partial charge on any atom is 0.262 e. The smallest absolute Gasteiger partial charge is 0.262 e. The van der Waals surface area contributed by atoms with Crippen LogP contribution in [0.3, 0.4) is 0 Å². The number of rotatable bonds is 8. The van der Waals surface area contributed by atoms with Gasteiger partial charge in [-0.15, -0.1) is 0 Å². The summed E-state index contributed by atoms with van der Waals surface area (Å²) in [6.45, 7) is 7.42. The minimum Gasteiger partial charge on any atom is -0.454 e. The van der Waals surface area contributed by atoms with E-state index in [0.29, 0.717) is 46.4 Å². The summed E-state index contributed by atoms with van der Waals surface area (Å²) in [6, 6.07) is 18.0. The molecule has 11 heteroatoms. The number of hydrogen-bond donors (Lipinski definition) is 2. The van der Waals surface area contributed by atoms with Crippen LogP contribution >= 0.6 is 23.2 Å². The predicted octanol–water partition coefficient (Wildman–Crippen LogP) is 5.73. The van der Waals surface area contributed by atoms with Crippen LogP contribution in [0.5, 0.6) is 11.5 Å². The number of sulfonamides is 1. The van der Waals surface area contributed by atoms with E-state index < -0.39 is 10.0 Å². The number of nitrogens with zero attached hydrogens (tertiary/aromatic N) is 2. The van der Waals surface area contributed by atoms with Gasteiger partial charge in [0, 0.05) is 42.8 Å². The van der Waals surface area contributed by atoms with Crippen LogP contribution < -0.4 is 14.8 Å². The van der Waals surface area contributed by atoms with Gasteiger partial charge in [0.1, 0.15) is 5.75 Å². The van der Waals surface area contributed by atoms with Crippen molar-refractivity contribution in [2.45, 2.75) is 30.7 Å². The maximum absolute atomic E-state index is 13.2. The molecule has 2 saturated heterocycles. The first-order valence-electron chi connectivity index (χ1n) is 13.8. The highest BCUT2D eigenvalue weighted by molar-refractivity contribution is 7.92. The molecule has 0 aliphatic carbocycles. The largest absolute Gasteiger partial charge is 0.454 e. The number of ether oxygens (including phenoxy) is 1. The average molecular weight is 618 g/mol. The fourth-order valence-electron chi connectivity index (χ4n) is 5.40. The first kappa shape index (κ1) is 29.7. The Kier molecular flexibility index (Phi) is 9.41. The molecule has 1 amide bonds. The Balaban J connectivity index is 1.21. The molecule has 41 heavy (non-hydrogen) atoms. The van der Waals surface area contributed by atoms with Crippen molar-refractivity contribution in [3.63, 3.8) is 0 Å². The number of carbonyl (C=O) groups excluding carboxylic acids is 1. The summed E-state index contributed by atoms with van der Waals surface area (Å²) in [4.78, 5) is 17.6. The van der Waals surface area contributed by atoms with Crippen LogP contribution in [0, 0.1) is 5.92 Å². The third-order valence-corrected chi connectivity index (χ3v) is 9.76. The monoisotopic (exact) mass is 616 g/mol. The normalized spacial score (nSPS) is 19.0. The maximum atomic E-state index is 13.2. The molecular formula is C30H34Cl2N4O4S. The van der Waals surface area contributed by atoms with Crippen LogP contribution in [0.25, 0.3) is 0 Å². The lowest BCUT2D eigenvalue weighted by molar-refractivity contribution is 0.0494. The number of piperidine rings is 1. The lowest BCUT2D eigenvalue weighted by atomic mass is 9.91. The Labute approximate surface area is 251 Å². The molecule has 2 atom stereocenters. The zero-order valence-corrected chi connectivity index (χ0v) is 25.2. The van der Waals surface area contributed by atoms with Gasteiger partial charge in [0.15, 0.2) is 5.75 Å². The summed E-state index contributed by atoms with van der Waals surface area (Å²) < 4.78 is 34.9. The highest BCUT2D eigenvalue weighted by atomic mass is 35.5. The number of benzene rings is 3. The van der Waals surface area contributed by atoms with Crippen molar-refractivity contribution >= 4 is 44.8 Å². The molecule has 2 aliphatic rings. The van der Waals surface area contributed by atoms with Gasteiger partial charge in [0.2, 0.25) is 0 Å². The molecule has 3 aromatic carbocycles. The van der Waals surface area contributed by atoms with Crippen LogP contribution in [-0.4, -0.2) is 69.4 Å². The molecule has 2 unspecified atom stereocenters. The number of carbonyl (C=O) groups is 1. The second kappa shape index (κ2) is 13.0. The quantitative estimate of drug-likeness (QED) is 0.336. The van der Waals surface area contributed by atoms with Crippen molar-refractivity contribution in [2.24, 2.45) is 5.92 Å². The Bertz CT molecular complexity index is 1470. The van der Waals surface area contributed by atoms with Gasteiger partial charge in [0.25, 0.3) is 15.9 Å². The molecule has 0 bridgehead atoms. The molecule has 0 aromatic heterocycles. The van der Waals surface area contributed by atoms with Crippen LogP contribution in [0.1, 0.15) is 30.1 Å². The van der Waals surface area contributed by atoms with Gasteiger partial charge in [-0.3, -0.25) is 14.4 Å². The van der Waals surface area contributed by atoms with E-state index in [1.165, 1.54) is 25.0 Å². The molecule has 2 fully saturated rings. The van der Waals surface area contributed by atoms with Crippen LogP contribution in [-0.2, 0) is 10.0 Å². The standard InChI is InChI=1S/C30H34Cl2N4O4S/c1-21(23-5-4-14-33-20-23)35-15-17-36(18-16-35)30(37)22-8-11-25(12-9-22)41(38,39)34-27-6-2-3-7-29(27)40-28-13-10-24(31)19-26(28)32/h2-3,6-13,19,21,23,33-34H,4-5,14-18,20H2,1H3. The zero-order chi connectivity index (χ0) is 29.0. The number of halogens is 2. The number of nitrogens with one attached hydrogen (secondary N) is 2. The van der Waals surface area contributed by atoms with Crippen LogP contribution in [0.15, 0.2) is 71.6 Å². The van der Waals surface area contributed by atoms with E-state index in [1.807, 2.05) is 4.90 Å². The Hall–Kier alpha value is -2.82. The van der Waals surface area contributed by atoms with E-state index in [-0.39, 0.29) is 22.2 Å². The molecule has 5 rings (SSSR count). The highest BCUT2D eigenvalue weighted by Crippen LogP contribution is 2.36. The topological polar surface area (TPSA) is 91.0 Å².